The van der Waals surface area contributed by atoms with E-state index < -0.39 is 0 Å². The normalized spacial score (nSPS) is 16.8. The van der Waals surface area contributed by atoms with E-state index in [2.05, 4.69) is 23.5 Å². The summed E-state index contributed by atoms with van der Waals surface area (Å²) in [5.41, 5.74) is 2.17. The number of para-hydroxylation sites is 1. The standard InChI is InChI=1S/C22H22N2O2S/c1-3-7-17(8-4-1)18-13-21(26-19-9-5-2-6-10-19)22(24-14-18)27-16-20-15-23-11-12-25-20/h1-10,13-14,20,23H,11-12,15-16H2/t20-/m0/s1. The molecular weight excluding hydrogens is 356 g/mol. The zero-order chi connectivity index (χ0) is 18.3. The van der Waals surface area contributed by atoms with Crippen LogP contribution in [0.4, 0.5) is 0 Å². The molecule has 4 nitrogen and oxygen atoms in total. The van der Waals surface area contributed by atoms with Crippen molar-refractivity contribution in [2.45, 2.75) is 11.1 Å². The van der Waals surface area contributed by atoms with Crippen LogP contribution in [0, 0.1) is 0 Å². The maximum absolute atomic E-state index is 6.17. The van der Waals surface area contributed by atoms with Gasteiger partial charge in [-0.25, -0.2) is 4.98 Å². The third kappa shape index (κ3) is 4.89. The van der Waals surface area contributed by atoms with Gasteiger partial charge in [0.1, 0.15) is 10.8 Å². The zero-order valence-electron chi connectivity index (χ0n) is 15.0. The number of rotatable bonds is 6. The molecule has 4 rings (SSSR count). The van der Waals surface area contributed by atoms with Gasteiger partial charge in [-0.15, -0.1) is 0 Å². The van der Waals surface area contributed by atoms with Crippen molar-refractivity contribution >= 4 is 11.8 Å². The number of nitrogens with zero attached hydrogens (tertiary/aromatic N) is 1. The van der Waals surface area contributed by atoms with E-state index in [0.717, 1.165) is 53.1 Å². The number of thioether (sulfide) groups is 1. The predicted octanol–water partition coefficient (Wildman–Crippen LogP) is 4.62. The van der Waals surface area contributed by atoms with Crippen molar-refractivity contribution in [2.75, 3.05) is 25.4 Å². The van der Waals surface area contributed by atoms with Gasteiger partial charge in [-0.1, -0.05) is 60.3 Å². The molecule has 1 aliphatic heterocycles. The van der Waals surface area contributed by atoms with E-state index in [9.17, 15) is 0 Å². The largest absolute Gasteiger partial charge is 0.455 e. The van der Waals surface area contributed by atoms with Crippen LogP contribution in [0.5, 0.6) is 11.5 Å². The van der Waals surface area contributed by atoms with Crippen molar-refractivity contribution in [3.8, 4) is 22.6 Å². The lowest BCUT2D eigenvalue weighted by Gasteiger charge is -2.23. The van der Waals surface area contributed by atoms with Gasteiger partial charge in [-0.2, -0.15) is 0 Å². The average Bonchev–Trinajstić information content (AvgIpc) is 2.75. The first-order valence-electron chi connectivity index (χ1n) is 9.12. The second-order valence-electron chi connectivity index (χ2n) is 6.32. The molecule has 2 heterocycles. The number of nitrogens with one attached hydrogen (secondary N) is 1. The quantitative estimate of drug-likeness (QED) is 0.634. The van der Waals surface area contributed by atoms with Crippen molar-refractivity contribution in [2.24, 2.45) is 0 Å². The molecule has 0 saturated carbocycles. The van der Waals surface area contributed by atoms with Gasteiger partial charge in [-0.3, -0.25) is 0 Å². The first kappa shape index (κ1) is 18.0. The first-order valence-corrected chi connectivity index (χ1v) is 10.1. The van der Waals surface area contributed by atoms with Crippen LogP contribution in [0.25, 0.3) is 11.1 Å². The lowest BCUT2D eigenvalue weighted by molar-refractivity contribution is 0.0440. The molecule has 0 bridgehead atoms. The SMILES string of the molecule is c1ccc(Oc2cc(-c3ccccc3)cnc2SC[C@@H]2CNCCO2)cc1. The molecule has 0 amide bonds. The summed E-state index contributed by atoms with van der Waals surface area (Å²) in [5, 5.41) is 4.25. The van der Waals surface area contributed by atoms with Gasteiger partial charge in [0.15, 0.2) is 5.75 Å². The van der Waals surface area contributed by atoms with Gasteiger partial charge in [-0.05, 0) is 23.8 Å². The van der Waals surface area contributed by atoms with Crippen molar-refractivity contribution in [3.63, 3.8) is 0 Å². The molecule has 2 aromatic carbocycles. The molecule has 0 spiro atoms. The topological polar surface area (TPSA) is 43.4 Å². The molecule has 138 valence electrons. The second-order valence-corrected chi connectivity index (χ2v) is 7.33. The summed E-state index contributed by atoms with van der Waals surface area (Å²) in [6.45, 7) is 2.57. The minimum absolute atomic E-state index is 0.198. The van der Waals surface area contributed by atoms with Crippen LogP contribution < -0.4 is 10.1 Å². The second kappa shape index (κ2) is 9.04. The summed E-state index contributed by atoms with van der Waals surface area (Å²) < 4.78 is 12.0. The highest BCUT2D eigenvalue weighted by molar-refractivity contribution is 7.99. The van der Waals surface area contributed by atoms with Gasteiger partial charge in [0.2, 0.25) is 0 Å². The third-order valence-electron chi connectivity index (χ3n) is 4.31. The summed E-state index contributed by atoms with van der Waals surface area (Å²) in [5.74, 6) is 2.42. The average molecular weight is 378 g/mol. The summed E-state index contributed by atoms with van der Waals surface area (Å²) >= 11 is 1.68. The van der Waals surface area contributed by atoms with Crippen molar-refractivity contribution in [1.82, 2.24) is 10.3 Å². The summed E-state index contributed by atoms with van der Waals surface area (Å²) in [6, 6.07) is 22.1. The van der Waals surface area contributed by atoms with Gasteiger partial charge >= 0.3 is 0 Å². The highest BCUT2D eigenvalue weighted by Crippen LogP contribution is 2.35. The Morgan fingerprint density at radius 1 is 1.04 bits per heavy atom. The fourth-order valence-electron chi connectivity index (χ4n) is 2.92. The highest BCUT2D eigenvalue weighted by Gasteiger charge is 2.16. The Morgan fingerprint density at radius 3 is 2.56 bits per heavy atom. The van der Waals surface area contributed by atoms with E-state index in [0.29, 0.717) is 0 Å². The van der Waals surface area contributed by atoms with Crippen molar-refractivity contribution < 1.29 is 9.47 Å². The molecule has 1 aromatic heterocycles. The lowest BCUT2D eigenvalue weighted by atomic mass is 10.1. The molecule has 1 fully saturated rings. The maximum Gasteiger partial charge on any atom is 0.160 e. The van der Waals surface area contributed by atoms with Crippen molar-refractivity contribution in [1.29, 1.82) is 0 Å². The summed E-state index contributed by atoms with van der Waals surface area (Å²) in [7, 11) is 0. The number of morpholine rings is 1. The fraction of sp³-hybridized carbons (Fsp3) is 0.227. The van der Waals surface area contributed by atoms with Crippen LogP contribution in [-0.4, -0.2) is 36.5 Å². The van der Waals surface area contributed by atoms with Gasteiger partial charge in [0, 0.05) is 30.6 Å². The van der Waals surface area contributed by atoms with Crippen LogP contribution in [0.1, 0.15) is 0 Å². The fourth-order valence-corrected chi connectivity index (χ4v) is 3.84. The third-order valence-corrected chi connectivity index (χ3v) is 5.43. The minimum Gasteiger partial charge on any atom is -0.455 e. The predicted molar refractivity (Wildman–Crippen MR) is 110 cm³/mol. The van der Waals surface area contributed by atoms with E-state index >= 15 is 0 Å². The highest BCUT2D eigenvalue weighted by atomic mass is 32.2. The molecule has 5 heteroatoms. The minimum atomic E-state index is 0.198. The molecule has 27 heavy (non-hydrogen) atoms. The van der Waals surface area contributed by atoms with E-state index in [1.165, 1.54) is 0 Å². The Bertz CT molecular complexity index is 853. The van der Waals surface area contributed by atoms with E-state index in [-0.39, 0.29) is 6.10 Å². The Balaban J connectivity index is 1.58. The van der Waals surface area contributed by atoms with Crippen LogP contribution in [0.3, 0.4) is 0 Å². The molecule has 0 aliphatic carbocycles. The van der Waals surface area contributed by atoms with E-state index in [1.54, 1.807) is 11.8 Å². The smallest absolute Gasteiger partial charge is 0.160 e. The van der Waals surface area contributed by atoms with Crippen LogP contribution >= 0.6 is 11.8 Å². The molecule has 0 unspecified atom stereocenters. The van der Waals surface area contributed by atoms with Crippen LogP contribution in [0.2, 0.25) is 0 Å². The summed E-state index contributed by atoms with van der Waals surface area (Å²) in [4.78, 5) is 4.70. The van der Waals surface area contributed by atoms with Crippen molar-refractivity contribution in [3.05, 3.63) is 72.9 Å². The molecule has 1 aliphatic rings. The number of benzene rings is 2. The molecule has 0 radical (unpaired) electrons. The van der Waals surface area contributed by atoms with Gasteiger partial charge in [0.05, 0.1) is 12.7 Å². The number of hydrogen-bond donors (Lipinski definition) is 1. The molecule has 1 N–H and O–H groups in total. The Kier molecular flexibility index (Phi) is 6.04. The Morgan fingerprint density at radius 2 is 1.81 bits per heavy atom. The lowest BCUT2D eigenvalue weighted by Crippen LogP contribution is -2.39. The molecule has 3 aromatic rings. The zero-order valence-corrected chi connectivity index (χ0v) is 15.8. The molecular formula is C22H22N2O2S. The van der Waals surface area contributed by atoms with Crippen LogP contribution in [-0.2, 0) is 4.74 Å². The number of pyridine rings is 1. The van der Waals surface area contributed by atoms with E-state index in [4.69, 9.17) is 14.5 Å². The number of hydrogen-bond acceptors (Lipinski definition) is 5. The number of aromatic nitrogens is 1. The Labute approximate surface area is 163 Å². The van der Waals surface area contributed by atoms with E-state index in [1.807, 2.05) is 54.7 Å². The number of ether oxygens (including phenoxy) is 2. The molecule has 1 saturated heterocycles. The first-order chi connectivity index (χ1) is 13.4. The maximum atomic E-state index is 6.17. The summed E-state index contributed by atoms with van der Waals surface area (Å²) in [6.07, 6.45) is 2.11. The van der Waals surface area contributed by atoms with Crippen LogP contribution in [0.15, 0.2) is 78.0 Å². The Hall–Kier alpha value is -2.34. The van der Waals surface area contributed by atoms with Gasteiger partial charge in [0.25, 0.3) is 0 Å². The molecule has 1 atom stereocenters. The van der Waals surface area contributed by atoms with Gasteiger partial charge < -0.3 is 14.8 Å². The monoisotopic (exact) mass is 378 g/mol.